The molecular formula is C14H30N2. The third-order valence-electron chi connectivity index (χ3n) is 4.55. The minimum atomic E-state index is 0.295. The molecule has 2 unspecified atom stereocenters. The summed E-state index contributed by atoms with van der Waals surface area (Å²) in [4.78, 5) is 2.53. The van der Waals surface area contributed by atoms with E-state index in [1.807, 2.05) is 0 Å². The fourth-order valence-electron chi connectivity index (χ4n) is 3.22. The van der Waals surface area contributed by atoms with Crippen molar-refractivity contribution >= 4 is 0 Å². The molecule has 0 saturated heterocycles. The van der Waals surface area contributed by atoms with Crippen LogP contribution in [0.1, 0.15) is 52.9 Å². The van der Waals surface area contributed by atoms with Crippen LogP contribution in [0.5, 0.6) is 0 Å². The van der Waals surface area contributed by atoms with Crippen molar-refractivity contribution in [3.63, 3.8) is 0 Å². The average molecular weight is 226 g/mol. The molecule has 1 aliphatic rings. The van der Waals surface area contributed by atoms with E-state index in [4.69, 9.17) is 5.73 Å². The topological polar surface area (TPSA) is 29.3 Å². The third kappa shape index (κ3) is 2.98. The van der Waals surface area contributed by atoms with Gasteiger partial charge in [-0.3, -0.25) is 4.90 Å². The Morgan fingerprint density at radius 2 is 2.12 bits per heavy atom. The van der Waals surface area contributed by atoms with Gasteiger partial charge in [-0.25, -0.2) is 0 Å². The molecule has 0 aromatic rings. The van der Waals surface area contributed by atoms with Gasteiger partial charge in [0.25, 0.3) is 0 Å². The van der Waals surface area contributed by atoms with E-state index < -0.39 is 0 Å². The molecule has 0 aliphatic heterocycles. The van der Waals surface area contributed by atoms with Crippen LogP contribution in [0.2, 0.25) is 0 Å². The lowest BCUT2D eigenvalue weighted by Crippen LogP contribution is -2.55. The molecule has 1 saturated carbocycles. The zero-order valence-corrected chi connectivity index (χ0v) is 11.6. The highest BCUT2D eigenvalue weighted by Gasteiger charge is 2.38. The zero-order valence-electron chi connectivity index (χ0n) is 11.6. The first-order valence-corrected chi connectivity index (χ1v) is 6.97. The van der Waals surface area contributed by atoms with Crippen molar-refractivity contribution < 1.29 is 0 Å². The molecule has 2 N–H and O–H groups in total. The molecule has 0 bridgehead atoms. The van der Waals surface area contributed by atoms with Gasteiger partial charge < -0.3 is 5.73 Å². The summed E-state index contributed by atoms with van der Waals surface area (Å²) in [5, 5.41) is 0. The summed E-state index contributed by atoms with van der Waals surface area (Å²) in [7, 11) is 2.26. The van der Waals surface area contributed by atoms with E-state index in [2.05, 4.69) is 32.7 Å². The highest BCUT2D eigenvalue weighted by Crippen LogP contribution is 2.38. The van der Waals surface area contributed by atoms with E-state index in [0.29, 0.717) is 5.54 Å². The van der Waals surface area contributed by atoms with Crippen LogP contribution in [-0.4, -0.2) is 30.6 Å². The lowest BCUT2D eigenvalue weighted by atomic mass is 9.71. The van der Waals surface area contributed by atoms with Crippen molar-refractivity contribution in [1.29, 1.82) is 0 Å². The molecule has 0 aromatic heterocycles. The van der Waals surface area contributed by atoms with E-state index in [1.54, 1.807) is 0 Å². The number of nitrogens with two attached hydrogens (primary N) is 1. The SMILES string of the molecule is CCCN(C)C1(CN)CCCC(C(C)C)C1. The van der Waals surface area contributed by atoms with Crippen LogP contribution in [-0.2, 0) is 0 Å². The standard InChI is InChI=1S/C14H30N2/c1-5-9-16(4)14(11-15)8-6-7-13(10-14)12(2)3/h12-13H,5-11,15H2,1-4H3. The maximum atomic E-state index is 6.09. The summed E-state index contributed by atoms with van der Waals surface area (Å²) in [5.41, 5.74) is 6.38. The molecule has 0 aromatic carbocycles. The molecule has 96 valence electrons. The molecule has 16 heavy (non-hydrogen) atoms. The first kappa shape index (κ1) is 14.0. The normalized spacial score (nSPS) is 31.3. The van der Waals surface area contributed by atoms with Crippen LogP contribution in [0.15, 0.2) is 0 Å². The maximum Gasteiger partial charge on any atom is 0.0331 e. The molecule has 0 spiro atoms. The molecule has 0 heterocycles. The number of hydrogen-bond acceptors (Lipinski definition) is 2. The summed E-state index contributed by atoms with van der Waals surface area (Å²) < 4.78 is 0. The van der Waals surface area contributed by atoms with Gasteiger partial charge in [0.05, 0.1) is 0 Å². The Morgan fingerprint density at radius 3 is 2.62 bits per heavy atom. The summed E-state index contributed by atoms with van der Waals surface area (Å²) >= 11 is 0. The first-order chi connectivity index (χ1) is 7.55. The number of hydrogen-bond donors (Lipinski definition) is 1. The van der Waals surface area contributed by atoms with Crippen LogP contribution < -0.4 is 5.73 Å². The first-order valence-electron chi connectivity index (χ1n) is 6.97. The van der Waals surface area contributed by atoms with Crippen molar-refractivity contribution in [2.45, 2.75) is 58.4 Å². The Labute approximate surface area is 102 Å². The second-order valence-corrected chi connectivity index (χ2v) is 5.95. The Balaban J connectivity index is 2.70. The van der Waals surface area contributed by atoms with Gasteiger partial charge >= 0.3 is 0 Å². The monoisotopic (exact) mass is 226 g/mol. The van der Waals surface area contributed by atoms with Gasteiger partial charge in [0.2, 0.25) is 0 Å². The predicted molar refractivity (Wildman–Crippen MR) is 71.5 cm³/mol. The second-order valence-electron chi connectivity index (χ2n) is 5.95. The molecule has 2 atom stereocenters. The maximum absolute atomic E-state index is 6.09. The smallest absolute Gasteiger partial charge is 0.0331 e. The zero-order chi connectivity index (χ0) is 12.2. The van der Waals surface area contributed by atoms with Crippen LogP contribution in [0.25, 0.3) is 0 Å². The van der Waals surface area contributed by atoms with Crippen molar-refractivity contribution in [2.75, 3.05) is 20.1 Å². The molecule has 0 radical (unpaired) electrons. The molecule has 2 heteroatoms. The van der Waals surface area contributed by atoms with E-state index in [9.17, 15) is 0 Å². The highest BCUT2D eigenvalue weighted by atomic mass is 15.2. The molecule has 1 aliphatic carbocycles. The lowest BCUT2D eigenvalue weighted by molar-refractivity contribution is 0.0453. The van der Waals surface area contributed by atoms with Gasteiger partial charge in [-0.05, 0) is 44.7 Å². The summed E-state index contributed by atoms with van der Waals surface area (Å²) in [6, 6.07) is 0. The van der Waals surface area contributed by atoms with Gasteiger partial charge in [-0.2, -0.15) is 0 Å². The quantitative estimate of drug-likeness (QED) is 0.781. The Bertz CT molecular complexity index is 203. The number of rotatable bonds is 5. The molecule has 1 fully saturated rings. The molecule has 2 nitrogen and oxygen atoms in total. The minimum Gasteiger partial charge on any atom is -0.329 e. The van der Waals surface area contributed by atoms with Crippen molar-refractivity contribution in [1.82, 2.24) is 4.90 Å². The van der Waals surface area contributed by atoms with Gasteiger partial charge in [0.15, 0.2) is 0 Å². The summed E-state index contributed by atoms with van der Waals surface area (Å²) in [6.07, 6.45) is 6.58. The molecule has 0 amide bonds. The Morgan fingerprint density at radius 1 is 1.44 bits per heavy atom. The van der Waals surface area contributed by atoms with Crippen LogP contribution in [0, 0.1) is 11.8 Å². The van der Waals surface area contributed by atoms with Crippen molar-refractivity contribution in [2.24, 2.45) is 17.6 Å². The summed E-state index contributed by atoms with van der Waals surface area (Å²) in [5.74, 6) is 1.68. The largest absolute Gasteiger partial charge is 0.329 e. The van der Waals surface area contributed by atoms with E-state index in [-0.39, 0.29) is 0 Å². The van der Waals surface area contributed by atoms with Gasteiger partial charge in [-0.15, -0.1) is 0 Å². The van der Waals surface area contributed by atoms with Crippen LogP contribution >= 0.6 is 0 Å². The van der Waals surface area contributed by atoms with E-state index >= 15 is 0 Å². The fraction of sp³-hybridized carbons (Fsp3) is 1.00. The van der Waals surface area contributed by atoms with Gasteiger partial charge in [-0.1, -0.05) is 33.6 Å². The Hall–Kier alpha value is -0.0800. The van der Waals surface area contributed by atoms with E-state index in [1.165, 1.54) is 38.6 Å². The highest BCUT2D eigenvalue weighted by molar-refractivity contribution is 4.96. The minimum absolute atomic E-state index is 0.295. The average Bonchev–Trinajstić information content (AvgIpc) is 2.29. The lowest BCUT2D eigenvalue weighted by Gasteiger charge is -2.47. The van der Waals surface area contributed by atoms with Crippen LogP contribution in [0.4, 0.5) is 0 Å². The molecular weight excluding hydrogens is 196 g/mol. The predicted octanol–water partition coefficient (Wildman–Crippen LogP) is 2.87. The fourth-order valence-corrected chi connectivity index (χ4v) is 3.22. The third-order valence-corrected chi connectivity index (χ3v) is 4.55. The summed E-state index contributed by atoms with van der Waals surface area (Å²) in [6.45, 7) is 8.98. The van der Waals surface area contributed by atoms with Crippen molar-refractivity contribution in [3.8, 4) is 0 Å². The van der Waals surface area contributed by atoms with Gasteiger partial charge in [0.1, 0.15) is 0 Å². The second kappa shape index (κ2) is 6.02. The van der Waals surface area contributed by atoms with Crippen molar-refractivity contribution in [3.05, 3.63) is 0 Å². The Kier molecular flexibility index (Phi) is 5.26. The molecule has 1 rings (SSSR count). The van der Waals surface area contributed by atoms with E-state index in [0.717, 1.165) is 18.4 Å². The number of nitrogens with zero attached hydrogens (tertiary/aromatic N) is 1. The van der Waals surface area contributed by atoms with Gasteiger partial charge in [0, 0.05) is 12.1 Å². The number of likely N-dealkylation sites (N-methyl/N-ethyl adjacent to an activating group) is 1. The van der Waals surface area contributed by atoms with Crippen LogP contribution in [0.3, 0.4) is 0 Å².